The predicted molar refractivity (Wildman–Crippen MR) is 194 cm³/mol. The number of para-hydroxylation sites is 1. The molecule has 0 unspecified atom stereocenters. The van der Waals surface area contributed by atoms with Crippen LogP contribution in [0, 0.1) is 35.0 Å². The highest BCUT2D eigenvalue weighted by atomic mass is 16.7. The summed E-state index contributed by atoms with van der Waals surface area (Å²) >= 11 is 0. The van der Waals surface area contributed by atoms with Crippen LogP contribution < -0.4 is 25.6 Å². The van der Waals surface area contributed by atoms with Gasteiger partial charge in [-0.25, -0.2) is 0 Å². The number of anilines is 1. The van der Waals surface area contributed by atoms with Gasteiger partial charge in [-0.05, 0) is 79.2 Å². The third-order valence-corrected chi connectivity index (χ3v) is 11.6. The predicted octanol–water partition coefficient (Wildman–Crippen LogP) is 4.70. The quantitative estimate of drug-likeness (QED) is 0.241. The monoisotopic (exact) mass is 677 g/mol. The van der Waals surface area contributed by atoms with E-state index >= 15 is 0 Å². The van der Waals surface area contributed by atoms with E-state index in [-0.39, 0.29) is 24.4 Å². The van der Waals surface area contributed by atoms with E-state index in [1.54, 1.807) is 26.1 Å². The Kier molecular flexibility index (Phi) is 11.3. The molecule has 6 rings (SSSR count). The van der Waals surface area contributed by atoms with Crippen molar-refractivity contribution >= 4 is 17.5 Å². The lowest BCUT2D eigenvalue weighted by Crippen LogP contribution is -2.62. The number of nitrogens with zero attached hydrogens (tertiary/aromatic N) is 2. The van der Waals surface area contributed by atoms with Crippen molar-refractivity contribution in [2.45, 2.75) is 85.2 Å². The second-order valence-corrected chi connectivity index (χ2v) is 15.8. The average molecular weight is 678 g/mol. The van der Waals surface area contributed by atoms with Gasteiger partial charge >= 0.3 is 0 Å². The highest BCUT2D eigenvalue weighted by molar-refractivity contribution is 5.97. The van der Waals surface area contributed by atoms with Gasteiger partial charge in [-0.15, -0.1) is 0 Å². The number of nitrogens with one attached hydrogen (secondary N) is 3. The Bertz CT molecular complexity index is 1490. The minimum Gasteiger partial charge on any atom is -0.496 e. The van der Waals surface area contributed by atoms with Crippen LogP contribution in [0.25, 0.3) is 11.1 Å². The molecule has 2 aromatic carbocycles. The number of aliphatic hydroxyl groups is 1. The Morgan fingerprint density at radius 1 is 1.14 bits per heavy atom. The summed E-state index contributed by atoms with van der Waals surface area (Å²) in [5.41, 5.74) is 4.25. The molecule has 2 aromatic rings. The summed E-state index contributed by atoms with van der Waals surface area (Å²) in [7, 11) is 7.15. The lowest BCUT2D eigenvalue weighted by molar-refractivity contribution is -0.176. The first-order chi connectivity index (χ1) is 23.2. The van der Waals surface area contributed by atoms with E-state index in [0.717, 1.165) is 35.3 Å². The van der Waals surface area contributed by atoms with Gasteiger partial charge in [0.2, 0.25) is 5.91 Å². The van der Waals surface area contributed by atoms with Crippen molar-refractivity contribution in [3.8, 4) is 16.9 Å². The van der Waals surface area contributed by atoms with E-state index in [9.17, 15) is 14.7 Å². The molecule has 10 heteroatoms. The molecule has 8 atom stereocenters. The van der Waals surface area contributed by atoms with Crippen LogP contribution in [0.1, 0.15) is 70.3 Å². The molecule has 1 aliphatic heterocycles. The van der Waals surface area contributed by atoms with E-state index < -0.39 is 24.2 Å². The smallest absolute Gasteiger partial charge is 0.251 e. The SMILES string of the molecule is CNC(=O)c1cc(-c2cccc(CN3O[C@@H](CNCC(C)C)[C@@H]([C@H](C)O)[C@H]3C(=O)N[C@H]3C[C@H]4C[C@H]([C@@H]3C)C4(C)C)c2OC)cc(N(C)C)c1. The number of ether oxygens (including phenoxy) is 1. The maximum atomic E-state index is 14.4. The van der Waals surface area contributed by atoms with Gasteiger partial charge in [0.15, 0.2) is 0 Å². The van der Waals surface area contributed by atoms with E-state index in [2.05, 4.69) is 50.6 Å². The Morgan fingerprint density at radius 2 is 1.88 bits per heavy atom. The number of aliphatic hydroxyl groups excluding tert-OH is 1. The van der Waals surface area contributed by atoms with Crippen LogP contribution in [-0.4, -0.2) is 87.6 Å². The van der Waals surface area contributed by atoms with Crippen LogP contribution in [0.15, 0.2) is 36.4 Å². The maximum absolute atomic E-state index is 14.4. The minimum atomic E-state index is -0.771. The topological polar surface area (TPSA) is 115 Å². The Hall–Kier alpha value is -3.18. The second-order valence-electron chi connectivity index (χ2n) is 15.8. The number of hydroxylamine groups is 2. The molecule has 0 spiro atoms. The van der Waals surface area contributed by atoms with Gasteiger partial charge in [-0.3, -0.25) is 14.4 Å². The van der Waals surface area contributed by atoms with E-state index in [1.165, 1.54) is 6.42 Å². The standard InChI is InChI=1S/C39H59N5O5/c1-22(2)19-41-20-33-34(24(4)45)35(38(47)42-32-18-28-17-31(23(32)3)39(28,5)6)44(49-33)21-25-12-11-13-30(36(25)48-10)26-14-27(37(46)40-7)16-29(15-26)43(8)9/h11-16,22-24,28,31-35,41,45H,17-21H2,1-10H3,(H,40,46)(H,42,47)/t23-,24-,28+,31+,32-,33-,34+,35-/m0/s1. The van der Waals surface area contributed by atoms with Crippen molar-refractivity contribution in [2.24, 2.45) is 35.0 Å². The number of methoxy groups -OCH3 is 1. The summed E-state index contributed by atoms with van der Waals surface area (Å²) in [4.78, 5) is 35.7. The molecule has 4 aliphatic rings. The molecular weight excluding hydrogens is 618 g/mol. The normalized spacial score (nSPS) is 28.1. The highest BCUT2D eigenvalue weighted by Crippen LogP contribution is 2.61. The summed E-state index contributed by atoms with van der Waals surface area (Å²) in [6.07, 6.45) is 1.04. The van der Waals surface area contributed by atoms with Gasteiger partial charge < -0.3 is 30.7 Å². The highest BCUT2D eigenvalue weighted by Gasteiger charge is 2.57. The summed E-state index contributed by atoms with van der Waals surface area (Å²) in [6.45, 7) is 14.7. The van der Waals surface area contributed by atoms with Crippen LogP contribution in [-0.2, 0) is 16.2 Å². The molecule has 1 heterocycles. The van der Waals surface area contributed by atoms with E-state index in [4.69, 9.17) is 9.57 Å². The molecule has 3 aliphatic carbocycles. The second kappa shape index (κ2) is 15.0. The zero-order valence-corrected chi connectivity index (χ0v) is 31.2. The van der Waals surface area contributed by atoms with Gasteiger partial charge in [0.25, 0.3) is 5.91 Å². The lowest BCUT2D eigenvalue weighted by atomic mass is 9.45. The average Bonchev–Trinajstić information content (AvgIpc) is 3.42. The zero-order valence-electron chi connectivity index (χ0n) is 31.2. The molecule has 3 saturated carbocycles. The van der Waals surface area contributed by atoms with Gasteiger partial charge in [-0.1, -0.05) is 52.8 Å². The molecule has 2 amide bonds. The zero-order chi connectivity index (χ0) is 35.8. The van der Waals surface area contributed by atoms with Crippen LogP contribution in [0.5, 0.6) is 5.75 Å². The first kappa shape index (κ1) is 37.1. The van der Waals surface area contributed by atoms with Crippen LogP contribution >= 0.6 is 0 Å². The third-order valence-electron chi connectivity index (χ3n) is 11.6. The molecule has 270 valence electrons. The van der Waals surface area contributed by atoms with Gasteiger partial charge in [-0.2, -0.15) is 5.06 Å². The largest absolute Gasteiger partial charge is 0.496 e. The van der Waals surface area contributed by atoms with Crippen molar-refractivity contribution in [2.75, 3.05) is 46.2 Å². The van der Waals surface area contributed by atoms with Crippen molar-refractivity contribution in [3.63, 3.8) is 0 Å². The summed E-state index contributed by atoms with van der Waals surface area (Å²) in [5.74, 6) is 1.96. The Balaban J connectivity index is 1.48. The van der Waals surface area contributed by atoms with Gasteiger partial charge in [0.1, 0.15) is 11.8 Å². The molecule has 49 heavy (non-hydrogen) atoms. The van der Waals surface area contributed by atoms with Crippen LogP contribution in [0.3, 0.4) is 0 Å². The maximum Gasteiger partial charge on any atom is 0.251 e. The van der Waals surface area contributed by atoms with Crippen molar-refractivity contribution in [1.29, 1.82) is 0 Å². The number of hydrogen-bond donors (Lipinski definition) is 4. The van der Waals surface area contributed by atoms with Gasteiger partial charge in [0.05, 0.1) is 25.9 Å². The Morgan fingerprint density at radius 3 is 2.47 bits per heavy atom. The Labute approximate surface area is 293 Å². The van der Waals surface area contributed by atoms with Crippen LogP contribution in [0.2, 0.25) is 0 Å². The number of hydrogen-bond acceptors (Lipinski definition) is 8. The lowest BCUT2D eigenvalue weighted by Gasteiger charge is -2.62. The van der Waals surface area contributed by atoms with Crippen molar-refractivity contribution in [3.05, 3.63) is 47.5 Å². The molecule has 10 nitrogen and oxygen atoms in total. The van der Waals surface area contributed by atoms with Crippen molar-refractivity contribution in [1.82, 2.24) is 21.0 Å². The summed E-state index contributed by atoms with van der Waals surface area (Å²) < 4.78 is 6.07. The third kappa shape index (κ3) is 7.48. The minimum absolute atomic E-state index is 0.0928. The number of amides is 2. The number of carbonyl (C=O) groups is 2. The van der Waals surface area contributed by atoms with E-state index in [0.29, 0.717) is 46.9 Å². The fourth-order valence-corrected chi connectivity index (χ4v) is 8.66. The molecule has 2 bridgehead atoms. The molecular formula is C39H59N5O5. The molecule has 0 aromatic heterocycles. The molecule has 0 radical (unpaired) electrons. The molecule has 4 N–H and O–H groups in total. The summed E-state index contributed by atoms with van der Waals surface area (Å²) in [5, 5.41) is 22.6. The fraction of sp³-hybridized carbons (Fsp3) is 0.641. The number of fused-ring (bicyclic) bond motifs is 2. The molecule has 1 saturated heterocycles. The number of rotatable bonds is 13. The first-order valence-electron chi connectivity index (χ1n) is 18.0. The van der Waals surface area contributed by atoms with Crippen LogP contribution in [0.4, 0.5) is 5.69 Å². The summed E-state index contributed by atoms with van der Waals surface area (Å²) in [6, 6.07) is 11.1. The number of benzene rings is 2. The molecule has 4 fully saturated rings. The fourth-order valence-electron chi connectivity index (χ4n) is 8.66. The first-order valence-corrected chi connectivity index (χ1v) is 18.0. The van der Waals surface area contributed by atoms with Crippen molar-refractivity contribution < 1.29 is 24.3 Å². The van der Waals surface area contributed by atoms with E-state index in [1.807, 2.05) is 55.4 Å². The number of carbonyl (C=O) groups excluding carboxylic acids is 2. The van der Waals surface area contributed by atoms with Gasteiger partial charge in [0, 0.05) is 62.0 Å².